The number of amides is 1. The molecule has 24 heavy (non-hydrogen) atoms. The van der Waals surface area contributed by atoms with Crippen LogP contribution in [0.5, 0.6) is 5.75 Å². The van der Waals surface area contributed by atoms with Crippen LogP contribution in [0.25, 0.3) is 0 Å². The molecule has 0 radical (unpaired) electrons. The number of hydrogen-bond donors (Lipinski definition) is 1. The first-order valence-electron chi connectivity index (χ1n) is 7.40. The Labute approximate surface area is 144 Å². The number of halogens is 2. The lowest BCUT2D eigenvalue weighted by Crippen LogP contribution is -2.30. The summed E-state index contributed by atoms with van der Waals surface area (Å²) in [4.78, 5) is 23.3. The van der Waals surface area contributed by atoms with Gasteiger partial charge in [-0.15, -0.1) is 0 Å². The Balaban J connectivity index is 1.81. The molecule has 2 aromatic rings. The number of ether oxygens (including phenoxy) is 1. The van der Waals surface area contributed by atoms with E-state index in [2.05, 4.69) is 5.32 Å². The van der Waals surface area contributed by atoms with Crippen molar-refractivity contribution in [3.05, 3.63) is 64.4 Å². The largest absolute Gasteiger partial charge is 0.483 e. The highest BCUT2D eigenvalue weighted by Gasteiger charge is 2.11. The molecule has 0 saturated carbocycles. The van der Waals surface area contributed by atoms with Crippen LogP contribution in [0.1, 0.15) is 22.8 Å². The van der Waals surface area contributed by atoms with E-state index in [9.17, 15) is 14.0 Å². The fourth-order valence-electron chi connectivity index (χ4n) is 2.09. The van der Waals surface area contributed by atoms with Gasteiger partial charge < -0.3 is 10.1 Å². The van der Waals surface area contributed by atoms with Crippen molar-refractivity contribution in [2.24, 2.45) is 0 Å². The van der Waals surface area contributed by atoms with E-state index in [0.29, 0.717) is 18.0 Å². The second-order valence-electron chi connectivity index (χ2n) is 5.21. The van der Waals surface area contributed by atoms with Gasteiger partial charge in [-0.1, -0.05) is 23.7 Å². The predicted octanol–water partition coefficient (Wildman–Crippen LogP) is 3.42. The molecule has 0 spiro atoms. The van der Waals surface area contributed by atoms with Crippen LogP contribution in [-0.2, 0) is 11.2 Å². The van der Waals surface area contributed by atoms with Crippen molar-refractivity contribution in [2.45, 2.75) is 13.3 Å². The zero-order valence-corrected chi connectivity index (χ0v) is 13.9. The molecule has 2 rings (SSSR count). The molecule has 0 aliphatic rings. The lowest BCUT2D eigenvalue weighted by atomic mass is 10.1. The summed E-state index contributed by atoms with van der Waals surface area (Å²) in [5.41, 5.74) is 1.17. The van der Waals surface area contributed by atoms with Gasteiger partial charge in [-0.25, -0.2) is 4.39 Å². The molecule has 0 aliphatic carbocycles. The maximum atomic E-state index is 13.2. The van der Waals surface area contributed by atoms with E-state index in [4.69, 9.17) is 16.3 Å². The molecule has 0 bridgehead atoms. The van der Waals surface area contributed by atoms with E-state index in [1.165, 1.54) is 19.1 Å². The van der Waals surface area contributed by atoms with Crippen molar-refractivity contribution in [1.82, 2.24) is 5.32 Å². The Hall–Kier alpha value is -2.40. The number of benzene rings is 2. The van der Waals surface area contributed by atoms with E-state index in [-0.39, 0.29) is 29.6 Å². The molecular weight excluding hydrogens is 333 g/mol. The van der Waals surface area contributed by atoms with Crippen LogP contribution in [-0.4, -0.2) is 24.8 Å². The summed E-state index contributed by atoms with van der Waals surface area (Å²) < 4.78 is 18.5. The first-order valence-corrected chi connectivity index (χ1v) is 7.78. The molecule has 0 aliphatic heterocycles. The van der Waals surface area contributed by atoms with Gasteiger partial charge in [-0.05, 0) is 49.2 Å². The highest BCUT2D eigenvalue weighted by Crippen LogP contribution is 2.20. The number of Topliss-reactive ketones (excluding diaryl/α,β-unsaturated/α-hetero) is 1. The molecule has 4 nitrogen and oxygen atoms in total. The summed E-state index contributed by atoms with van der Waals surface area (Å²) in [5, 5.41) is 3.38. The van der Waals surface area contributed by atoms with Gasteiger partial charge >= 0.3 is 0 Å². The second kappa shape index (κ2) is 8.45. The molecule has 0 heterocycles. The number of carbonyl (C=O) groups is 2. The highest BCUT2D eigenvalue weighted by molar-refractivity contribution is 6.30. The molecule has 0 saturated heterocycles. The van der Waals surface area contributed by atoms with E-state index >= 15 is 0 Å². The van der Waals surface area contributed by atoms with Gasteiger partial charge in [0.2, 0.25) is 0 Å². The van der Waals surface area contributed by atoms with Crippen molar-refractivity contribution in [2.75, 3.05) is 13.2 Å². The molecular formula is C18H17ClFNO3. The highest BCUT2D eigenvalue weighted by atomic mass is 35.5. The van der Waals surface area contributed by atoms with Gasteiger partial charge in [-0.3, -0.25) is 9.59 Å². The van der Waals surface area contributed by atoms with Gasteiger partial charge in [0.15, 0.2) is 12.4 Å². The molecule has 1 amide bonds. The summed E-state index contributed by atoms with van der Waals surface area (Å²) in [5.74, 6) is -0.979. The first-order chi connectivity index (χ1) is 11.5. The van der Waals surface area contributed by atoms with Crippen molar-refractivity contribution in [3.8, 4) is 5.75 Å². The van der Waals surface area contributed by atoms with Crippen LogP contribution < -0.4 is 10.1 Å². The summed E-state index contributed by atoms with van der Waals surface area (Å²) in [6, 6.07) is 11.0. The summed E-state index contributed by atoms with van der Waals surface area (Å²) in [7, 11) is 0. The molecule has 2 aromatic carbocycles. The summed E-state index contributed by atoms with van der Waals surface area (Å²) in [6.45, 7) is 1.52. The SMILES string of the molecule is CC(=O)c1cc(F)ccc1OCC(=O)NCCc1ccc(Cl)cc1. The number of hydrogen-bond acceptors (Lipinski definition) is 3. The van der Waals surface area contributed by atoms with Crippen LogP contribution in [0.15, 0.2) is 42.5 Å². The van der Waals surface area contributed by atoms with Crippen LogP contribution in [0.3, 0.4) is 0 Å². The van der Waals surface area contributed by atoms with Crippen molar-refractivity contribution < 1.29 is 18.7 Å². The minimum Gasteiger partial charge on any atom is -0.483 e. The van der Waals surface area contributed by atoms with Gasteiger partial charge in [-0.2, -0.15) is 0 Å². The van der Waals surface area contributed by atoms with Crippen molar-refractivity contribution in [1.29, 1.82) is 0 Å². The fraction of sp³-hybridized carbons (Fsp3) is 0.222. The third-order valence-electron chi connectivity index (χ3n) is 3.33. The standard InChI is InChI=1S/C18H17ClFNO3/c1-12(22)16-10-15(20)6-7-17(16)24-11-18(23)21-9-8-13-2-4-14(19)5-3-13/h2-7,10H,8-9,11H2,1H3,(H,21,23). The number of ketones is 1. The Bertz CT molecular complexity index is 732. The molecule has 6 heteroatoms. The van der Waals surface area contributed by atoms with Crippen molar-refractivity contribution in [3.63, 3.8) is 0 Å². The van der Waals surface area contributed by atoms with Gasteiger partial charge in [0.25, 0.3) is 5.91 Å². The van der Waals surface area contributed by atoms with Crippen LogP contribution in [0.4, 0.5) is 4.39 Å². The maximum absolute atomic E-state index is 13.2. The van der Waals surface area contributed by atoms with E-state index in [1.807, 2.05) is 12.1 Å². The van der Waals surface area contributed by atoms with Crippen LogP contribution in [0.2, 0.25) is 5.02 Å². The lowest BCUT2D eigenvalue weighted by molar-refractivity contribution is -0.123. The average Bonchev–Trinajstić information content (AvgIpc) is 2.55. The fourth-order valence-corrected chi connectivity index (χ4v) is 2.22. The van der Waals surface area contributed by atoms with Crippen LogP contribution >= 0.6 is 11.6 Å². The van der Waals surface area contributed by atoms with E-state index in [1.54, 1.807) is 12.1 Å². The molecule has 0 atom stereocenters. The normalized spacial score (nSPS) is 10.3. The molecule has 0 fully saturated rings. The average molecular weight is 350 g/mol. The number of rotatable bonds is 7. The Morgan fingerprint density at radius 1 is 1.17 bits per heavy atom. The predicted molar refractivity (Wildman–Crippen MR) is 90.1 cm³/mol. The minimum atomic E-state index is -0.528. The topological polar surface area (TPSA) is 55.4 Å². The van der Waals surface area contributed by atoms with Crippen molar-refractivity contribution >= 4 is 23.3 Å². The zero-order chi connectivity index (χ0) is 17.5. The minimum absolute atomic E-state index is 0.115. The van der Waals surface area contributed by atoms with E-state index in [0.717, 1.165) is 11.6 Å². The maximum Gasteiger partial charge on any atom is 0.257 e. The number of carbonyl (C=O) groups excluding carboxylic acids is 2. The zero-order valence-electron chi connectivity index (χ0n) is 13.1. The third kappa shape index (κ3) is 5.35. The van der Waals surface area contributed by atoms with E-state index < -0.39 is 5.82 Å². The summed E-state index contributed by atoms with van der Waals surface area (Å²) in [6.07, 6.45) is 0.665. The smallest absolute Gasteiger partial charge is 0.257 e. The Kier molecular flexibility index (Phi) is 6.32. The second-order valence-corrected chi connectivity index (χ2v) is 5.65. The Morgan fingerprint density at radius 2 is 1.88 bits per heavy atom. The Morgan fingerprint density at radius 3 is 2.54 bits per heavy atom. The first kappa shape index (κ1) is 17.9. The molecule has 0 unspecified atom stereocenters. The third-order valence-corrected chi connectivity index (χ3v) is 3.58. The van der Waals surface area contributed by atoms with Gasteiger partial charge in [0, 0.05) is 11.6 Å². The lowest BCUT2D eigenvalue weighted by Gasteiger charge is -2.10. The monoisotopic (exact) mass is 349 g/mol. The molecule has 126 valence electrons. The quantitative estimate of drug-likeness (QED) is 0.779. The van der Waals surface area contributed by atoms with Gasteiger partial charge in [0.1, 0.15) is 11.6 Å². The molecule has 1 N–H and O–H groups in total. The van der Waals surface area contributed by atoms with Gasteiger partial charge in [0.05, 0.1) is 5.56 Å². The summed E-state index contributed by atoms with van der Waals surface area (Å²) >= 11 is 5.81. The number of nitrogens with one attached hydrogen (secondary N) is 1. The molecule has 0 aromatic heterocycles. The van der Waals surface area contributed by atoms with Crippen LogP contribution in [0, 0.1) is 5.82 Å².